The summed E-state index contributed by atoms with van der Waals surface area (Å²) in [5.41, 5.74) is 0.317. The highest BCUT2D eigenvalue weighted by Crippen LogP contribution is 2.35. The zero-order valence-electron chi connectivity index (χ0n) is 18.2. The number of nitrogens with zero attached hydrogens (tertiary/aromatic N) is 2. The number of nitro benzene ring substituents is 1. The molecular formula is C25H20FN3O5. The van der Waals surface area contributed by atoms with Crippen LogP contribution in [0.1, 0.15) is 18.9 Å². The summed E-state index contributed by atoms with van der Waals surface area (Å²) in [5, 5.41) is 14.0. The second kappa shape index (κ2) is 9.53. The van der Waals surface area contributed by atoms with Crippen molar-refractivity contribution in [3.8, 4) is 5.75 Å². The van der Waals surface area contributed by atoms with Crippen LogP contribution in [0.3, 0.4) is 0 Å². The summed E-state index contributed by atoms with van der Waals surface area (Å²) in [4.78, 5) is 38.0. The molecule has 1 aliphatic heterocycles. The van der Waals surface area contributed by atoms with Gasteiger partial charge in [0.1, 0.15) is 17.3 Å². The van der Waals surface area contributed by atoms with Gasteiger partial charge in [-0.25, -0.2) is 9.29 Å². The predicted octanol–water partition coefficient (Wildman–Crippen LogP) is 4.92. The molecule has 8 nitrogen and oxygen atoms in total. The van der Waals surface area contributed by atoms with E-state index in [1.807, 2.05) is 6.92 Å². The molecule has 2 amide bonds. The fourth-order valence-corrected chi connectivity index (χ4v) is 3.54. The molecule has 1 heterocycles. The minimum absolute atomic E-state index is 0.0250. The topological polar surface area (TPSA) is 102 Å². The number of benzene rings is 3. The molecule has 3 aromatic rings. The first kappa shape index (κ1) is 22.7. The average Bonchev–Trinajstić information content (AvgIpc) is 3.07. The van der Waals surface area contributed by atoms with Crippen LogP contribution in [0, 0.1) is 15.9 Å². The largest absolute Gasteiger partial charge is 0.494 e. The number of carbonyl (C=O) groups is 2. The van der Waals surface area contributed by atoms with Gasteiger partial charge in [-0.2, -0.15) is 0 Å². The summed E-state index contributed by atoms with van der Waals surface area (Å²) >= 11 is 0. The number of rotatable bonds is 8. The van der Waals surface area contributed by atoms with Crippen LogP contribution < -0.4 is 15.0 Å². The van der Waals surface area contributed by atoms with Gasteiger partial charge in [0.25, 0.3) is 17.5 Å². The zero-order chi connectivity index (χ0) is 24.2. The van der Waals surface area contributed by atoms with Crippen molar-refractivity contribution in [3.05, 3.63) is 100.0 Å². The lowest BCUT2D eigenvalue weighted by atomic mass is 10.0. The van der Waals surface area contributed by atoms with Crippen LogP contribution in [-0.4, -0.2) is 23.3 Å². The van der Waals surface area contributed by atoms with Crippen molar-refractivity contribution in [2.75, 3.05) is 16.8 Å². The SMILES string of the molecule is CCCOc1cccc(NC2=C(c3ccc([N+](=O)[O-])cc3)C(=O)N(c3ccccc3F)C2=O)c1. The van der Waals surface area contributed by atoms with Crippen molar-refractivity contribution in [2.24, 2.45) is 0 Å². The highest BCUT2D eigenvalue weighted by atomic mass is 19.1. The molecule has 0 saturated carbocycles. The van der Waals surface area contributed by atoms with E-state index in [2.05, 4.69) is 5.32 Å². The number of hydrogen-bond donors (Lipinski definition) is 1. The number of carbonyl (C=O) groups excluding carboxylic acids is 2. The third kappa shape index (κ3) is 4.36. The molecule has 0 spiro atoms. The molecule has 0 aliphatic carbocycles. The lowest BCUT2D eigenvalue weighted by Gasteiger charge is -2.16. The predicted molar refractivity (Wildman–Crippen MR) is 125 cm³/mol. The molecule has 0 radical (unpaired) electrons. The molecule has 0 saturated heterocycles. The summed E-state index contributed by atoms with van der Waals surface area (Å²) in [6.07, 6.45) is 0.817. The molecular weight excluding hydrogens is 441 g/mol. The molecule has 4 rings (SSSR count). The zero-order valence-corrected chi connectivity index (χ0v) is 18.2. The minimum atomic E-state index is -0.747. The average molecular weight is 461 g/mol. The molecule has 1 aliphatic rings. The van der Waals surface area contributed by atoms with Gasteiger partial charge in [0, 0.05) is 23.9 Å². The van der Waals surface area contributed by atoms with Gasteiger partial charge in [-0.3, -0.25) is 19.7 Å². The number of anilines is 2. The van der Waals surface area contributed by atoms with Crippen LogP contribution in [0.5, 0.6) is 5.75 Å². The van der Waals surface area contributed by atoms with E-state index in [1.54, 1.807) is 24.3 Å². The van der Waals surface area contributed by atoms with E-state index in [1.165, 1.54) is 42.5 Å². The van der Waals surface area contributed by atoms with Gasteiger partial charge in [0.2, 0.25) is 0 Å². The number of imide groups is 1. The van der Waals surface area contributed by atoms with E-state index >= 15 is 0 Å². The molecule has 0 atom stereocenters. The van der Waals surface area contributed by atoms with Gasteiger partial charge in [-0.1, -0.05) is 25.1 Å². The third-order valence-corrected chi connectivity index (χ3v) is 5.12. The molecule has 3 aromatic carbocycles. The van der Waals surface area contributed by atoms with E-state index in [-0.39, 0.29) is 28.2 Å². The van der Waals surface area contributed by atoms with Crippen LogP contribution in [0.4, 0.5) is 21.5 Å². The standard InChI is InChI=1S/C25H20FN3O5/c1-2-14-34-19-7-5-6-17(15-19)27-23-22(16-10-12-18(13-11-16)29(32)33)24(30)28(25(23)31)21-9-4-3-8-20(21)26/h3-13,15,27H,2,14H2,1H3. The molecule has 0 fully saturated rings. The Bertz CT molecular complexity index is 1300. The van der Waals surface area contributed by atoms with E-state index < -0.39 is 22.6 Å². The first-order chi connectivity index (χ1) is 16.4. The monoisotopic (exact) mass is 461 g/mol. The van der Waals surface area contributed by atoms with Gasteiger partial charge < -0.3 is 10.1 Å². The number of nitro groups is 1. The Balaban J connectivity index is 1.79. The summed E-state index contributed by atoms with van der Waals surface area (Å²) in [6.45, 7) is 2.49. The number of ether oxygens (including phenoxy) is 1. The fourth-order valence-electron chi connectivity index (χ4n) is 3.54. The van der Waals surface area contributed by atoms with Crippen LogP contribution >= 0.6 is 0 Å². The summed E-state index contributed by atoms with van der Waals surface area (Å²) in [7, 11) is 0. The molecule has 0 unspecified atom stereocenters. The molecule has 0 bridgehead atoms. The summed E-state index contributed by atoms with van der Waals surface area (Å²) < 4.78 is 20.1. The Labute approximate surface area is 194 Å². The van der Waals surface area contributed by atoms with E-state index in [0.29, 0.717) is 18.0 Å². The first-order valence-corrected chi connectivity index (χ1v) is 10.5. The Hall–Kier alpha value is -4.53. The lowest BCUT2D eigenvalue weighted by molar-refractivity contribution is -0.384. The van der Waals surface area contributed by atoms with Crippen LogP contribution in [0.2, 0.25) is 0 Å². The van der Waals surface area contributed by atoms with E-state index in [0.717, 1.165) is 17.4 Å². The van der Waals surface area contributed by atoms with Crippen molar-refractivity contribution in [1.82, 2.24) is 0 Å². The minimum Gasteiger partial charge on any atom is -0.494 e. The Morgan fingerprint density at radius 1 is 1.00 bits per heavy atom. The molecule has 9 heteroatoms. The molecule has 172 valence electrons. The fraction of sp³-hybridized carbons (Fsp3) is 0.120. The number of para-hydroxylation sites is 1. The summed E-state index contributed by atoms with van der Waals surface area (Å²) in [5.74, 6) is -1.65. The Morgan fingerprint density at radius 3 is 2.41 bits per heavy atom. The highest BCUT2D eigenvalue weighted by molar-refractivity contribution is 6.46. The Morgan fingerprint density at radius 2 is 1.74 bits per heavy atom. The van der Waals surface area contributed by atoms with Gasteiger partial charge in [-0.15, -0.1) is 0 Å². The van der Waals surface area contributed by atoms with Gasteiger partial charge in [0.05, 0.1) is 22.8 Å². The third-order valence-electron chi connectivity index (χ3n) is 5.12. The molecule has 0 aromatic heterocycles. The van der Waals surface area contributed by atoms with Gasteiger partial charge in [0.15, 0.2) is 0 Å². The molecule has 34 heavy (non-hydrogen) atoms. The molecule has 1 N–H and O–H groups in total. The van der Waals surface area contributed by atoms with Crippen molar-refractivity contribution in [2.45, 2.75) is 13.3 Å². The van der Waals surface area contributed by atoms with E-state index in [4.69, 9.17) is 4.74 Å². The second-order valence-electron chi connectivity index (χ2n) is 7.45. The quantitative estimate of drug-likeness (QED) is 0.290. The summed E-state index contributed by atoms with van der Waals surface area (Å²) in [6, 6.07) is 17.6. The van der Waals surface area contributed by atoms with Crippen molar-refractivity contribution in [1.29, 1.82) is 0 Å². The smallest absolute Gasteiger partial charge is 0.282 e. The normalized spacial score (nSPS) is 13.4. The Kier molecular flexibility index (Phi) is 6.35. The first-order valence-electron chi connectivity index (χ1n) is 10.5. The van der Waals surface area contributed by atoms with Gasteiger partial charge in [-0.05, 0) is 48.4 Å². The van der Waals surface area contributed by atoms with Crippen LogP contribution in [0.15, 0.2) is 78.5 Å². The number of amides is 2. The van der Waals surface area contributed by atoms with Crippen molar-refractivity contribution < 1.29 is 23.6 Å². The highest BCUT2D eigenvalue weighted by Gasteiger charge is 2.41. The number of hydrogen-bond acceptors (Lipinski definition) is 6. The van der Waals surface area contributed by atoms with Crippen molar-refractivity contribution >= 4 is 34.4 Å². The number of nitrogens with one attached hydrogen (secondary N) is 1. The lowest BCUT2D eigenvalue weighted by Crippen LogP contribution is -2.33. The van der Waals surface area contributed by atoms with Crippen molar-refractivity contribution in [3.63, 3.8) is 0 Å². The van der Waals surface area contributed by atoms with Gasteiger partial charge >= 0.3 is 0 Å². The van der Waals surface area contributed by atoms with E-state index in [9.17, 15) is 24.1 Å². The van der Waals surface area contributed by atoms with Crippen LogP contribution in [0.25, 0.3) is 5.57 Å². The maximum absolute atomic E-state index is 14.5. The maximum atomic E-state index is 14.5. The number of non-ortho nitro benzene ring substituents is 1. The second-order valence-corrected chi connectivity index (χ2v) is 7.45. The number of halogens is 1. The van der Waals surface area contributed by atoms with Crippen LogP contribution in [-0.2, 0) is 9.59 Å². The maximum Gasteiger partial charge on any atom is 0.282 e.